The van der Waals surface area contributed by atoms with Crippen LogP contribution in [0.2, 0.25) is 0 Å². The number of hydrogen-bond acceptors (Lipinski definition) is 12. The molecule has 15 nitrogen and oxygen atoms in total. The molecule has 7 N–H and O–H groups in total. The Morgan fingerprint density at radius 1 is 0.852 bits per heavy atom. The first-order valence-electron chi connectivity index (χ1n) is 21.1. The lowest BCUT2D eigenvalue weighted by atomic mass is 9.90. The van der Waals surface area contributed by atoms with E-state index in [1.54, 1.807) is 36.5 Å². The van der Waals surface area contributed by atoms with Crippen molar-refractivity contribution in [1.29, 1.82) is 5.26 Å². The van der Waals surface area contributed by atoms with Gasteiger partial charge in [0.15, 0.2) is 0 Å². The Morgan fingerprint density at radius 3 is 2.28 bits per heavy atom. The van der Waals surface area contributed by atoms with Gasteiger partial charge in [-0.15, -0.1) is 0 Å². The minimum absolute atomic E-state index is 0.00309. The third-order valence-corrected chi connectivity index (χ3v) is 12.4. The van der Waals surface area contributed by atoms with Crippen molar-refractivity contribution < 1.29 is 30.0 Å². The SMILES string of the molecule is N#Cc1ccc(NC2CCC(N(C(=O)NCc3ccccc3)c3ccc(N4CCN(C(=O)/C=C/c5ccc6c(c5)[C@@H](O)N([C@@H]5CC[C@@H](O)N[C@@H]5O)[C@@H]6O)CC4)cc3)CC2)nc1. The van der Waals surface area contributed by atoms with Crippen molar-refractivity contribution in [2.24, 2.45) is 0 Å². The lowest BCUT2D eigenvalue weighted by Crippen LogP contribution is -2.57. The van der Waals surface area contributed by atoms with Gasteiger partial charge in [0.25, 0.3) is 0 Å². The number of piperazine rings is 1. The second-order valence-electron chi connectivity index (χ2n) is 16.2. The summed E-state index contributed by atoms with van der Waals surface area (Å²) < 4.78 is 0. The van der Waals surface area contributed by atoms with E-state index >= 15 is 0 Å². The first-order chi connectivity index (χ1) is 29.6. The number of nitrogens with zero attached hydrogens (tertiary/aromatic N) is 6. The number of rotatable bonds is 10. The van der Waals surface area contributed by atoms with E-state index in [2.05, 4.69) is 31.9 Å². The minimum Gasteiger partial charge on any atom is -0.379 e. The van der Waals surface area contributed by atoms with Gasteiger partial charge < -0.3 is 40.9 Å². The van der Waals surface area contributed by atoms with Crippen LogP contribution in [0, 0.1) is 11.3 Å². The quantitative estimate of drug-likeness (QED) is 0.113. The molecule has 318 valence electrons. The topological polar surface area (TPSA) is 201 Å². The summed E-state index contributed by atoms with van der Waals surface area (Å²) >= 11 is 0. The molecule has 0 bridgehead atoms. The highest BCUT2D eigenvalue weighted by Gasteiger charge is 2.44. The number of nitriles is 1. The number of amides is 3. The maximum Gasteiger partial charge on any atom is 0.322 e. The van der Waals surface area contributed by atoms with Crippen molar-refractivity contribution in [2.75, 3.05) is 41.3 Å². The first kappa shape index (κ1) is 41.9. The van der Waals surface area contributed by atoms with Crippen LogP contribution >= 0.6 is 0 Å². The Labute approximate surface area is 355 Å². The van der Waals surface area contributed by atoms with Gasteiger partial charge in [-0.05, 0) is 98.2 Å². The van der Waals surface area contributed by atoms with E-state index in [1.165, 1.54) is 11.0 Å². The highest BCUT2D eigenvalue weighted by molar-refractivity contribution is 5.93. The molecule has 0 radical (unpaired) electrons. The van der Waals surface area contributed by atoms with Gasteiger partial charge in [-0.1, -0.05) is 42.5 Å². The number of aliphatic hydroxyl groups excluding tert-OH is 4. The zero-order valence-electron chi connectivity index (χ0n) is 33.9. The number of aromatic nitrogens is 1. The molecule has 1 aliphatic carbocycles. The zero-order chi connectivity index (χ0) is 42.5. The predicted octanol–water partition coefficient (Wildman–Crippen LogP) is 4.14. The smallest absolute Gasteiger partial charge is 0.322 e. The van der Waals surface area contributed by atoms with Gasteiger partial charge in [0.1, 0.15) is 36.8 Å². The molecule has 3 amide bonds. The summed E-state index contributed by atoms with van der Waals surface area (Å²) in [6.45, 7) is 2.77. The summed E-state index contributed by atoms with van der Waals surface area (Å²) in [4.78, 5) is 39.0. The molecule has 0 spiro atoms. The van der Waals surface area contributed by atoms with Gasteiger partial charge in [0.2, 0.25) is 5.91 Å². The van der Waals surface area contributed by atoms with Crippen molar-refractivity contribution in [3.8, 4) is 6.07 Å². The lowest BCUT2D eigenvalue weighted by molar-refractivity contribution is -0.159. The normalized spacial score (nSPS) is 25.5. The van der Waals surface area contributed by atoms with Crippen LogP contribution in [-0.4, -0.2) is 104 Å². The summed E-state index contributed by atoms with van der Waals surface area (Å²) in [5, 5.41) is 60.9. The van der Waals surface area contributed by atoms with Crippen LogP contribution in [0.1, 0.15) is 78.8 Å². The molecule has 15 heteroatoms. The first-order valence-corrected chi connectivity index (χ1v) is 21.1. The molecule has 2 saturated heterocycles. The molecule has 8 rings (SSSR count). The van der Waals surface area contributed by atoms with Crippen molar-refractivity contribution in [2.45, 2.75) is 88.1 Å². The fraction of sp³-hybridized carbons (Fsp3) is 0.391. The lowest BCUT2D eigenvalue weighted by Gasteiger charge is -2.40. The van der Waals surface area contributed by atoms with Crippen LogP contribution in [-0.2, 0) is 11.3 Å². The number of fused-ring (bicyclic) bond motifs is 1. The second kappa shape index (κ2) is 18.8. The van der Waals surface area contributed by atoms with Crippen LogP contribution in [0.5, 0.6) is 0 Å². The number of aliphatic hydroxyl groups is 4. The maximum absolute atomic E-state index is 13.9. The molecule has 4 aromatic rings. The molecule has 61 heavy (non-hydrogen) atoms. The summed E-state index contributed by atoms with van der Waals surface area (Å²) in [7, 11) is 0. The average Bonchev–Trinajstić information content (AvgIpc) is 3.54. The van der Waals surface area contributed by atoms with E-state index in [9.17, 15) is 30.0 Å². The molecular weight excluding hydrogens is 775 g/mol. The van der Waals surface area contributed by atoms with Gasteiger partial charge in [-0.25, -0.2) is 14.7 Å². The van der Waals surface area contributed by atoms with Crippen LogP contribution in [0.15, 0.2) is 97.2 Å². The van der Waals surface area contributed by atoms with Gasteiger partial charge >= 0.3 is 6.03 Å². The Bertz CT molecular complexity index is 2200. The third kappa shape index (κ3) is 9.55. The summed E-state index contributed by atoms with van der Waals surface area (Å²) in [5.74, 6) is 0.616. The highest BCUT2D eigenvalue weighted by atomic mass is 16.3. The third-order valence-electron chi connectivity index (χ3n) is 12.4. The minimum atomic E-state index is -1.16. The number of carbonyl (C=O) groups is 2. The van der Waals surface area contributed by atoms with E-state index in [-0.39, 0.29) is 24.0 Å². The fourth-order valence-electron chi connectivity index (χ4n) is 9.03. The second-order valence-corrected chi connectivity index (χ2v) is 16.2. The van der Waals surface area contributed by atoms with Crippen molar-refractivity contribution in [3.63, 3.8) is 0 Å². The molecule has 5 atom stereocenters. The number of benzene rings is 3. The molecule has 3 aromatic carbocycles. The van der Waals surface area contributed by atoms with Crippen LogP contribution in [0.4, 0.5) is 22.0 Å². The molecule has 3 aliphatic heterocycles. The zero-order valence-corrected chi connectivity index (χ0v) is 33.9. The van der Waals surface area contributed by atoms with E-state index in [4.69, 9.17) is 5.26 Å². The number of hydrogen-bond donors (Lipinski definition) is 7. The highest BCUT2D eigenvalue weighted by Crippen LogP contribution is 2.43. The largest absolute Gasteiger partial charge is 0.379 e. The maximum atomic E-state index is 13.9. The Kier molecular flexibility index (Phi) is 12.9. The van der Waals surface area contributed by atoms with E-state index < -0.39 is 31.0 Å². The average molecular weight is 828 g/mol. The molecule has 0 unspecified atom stereocenters. The van der Waals surface area contributed by atoms with Gasteiger partial charge in [0.05, 0.1) is 11.6 Å². The van der Waals surface area contributed by atoms with Crippen LogP contribution in [0.3, 0.4) is 0 Å². The number of pyridine rings is 1. The van der Waals surface area contributed by atoms with Crippen LogP contribution in [0.25, 0.3) is 6.08 Å². The number of piperidine rings is 1. The fourth-order valence-corrected chi connectivity index (χ4v) is 9.03. The number of anilines is 3. The van der Waals surface area contributed by atoms with Crippen molar-refractivity contribution in [1.82, 2.24) is 25.4 Å². The van der Waals surface area contributed by atoms with Crippen molar-refractivity contribution >= 4 is 35.2 Å². The molecule has 4 aliphatic rings. The molecule has 4 heterocycles. The summed E-state index contributed by atoms with van der Waals surface area (Å²) in [6.07, 6.45) is 4.69. The van der Waals surface area contributed by atoms with Crippen LogP contribution < -0.4 is 25.8 Å². The Morgan fingerprint density at radius 2 is 1.59 bits per heavy atom. The van der Waals surface area contributed by atoms with E-state index in [1.807, 2.05) is 70.5 Å². The number of nitrogens with one attached hydrogen (secondary N) is 3. The summed E-state index contributed by atoms with van der Waals surface area (Å²) in [5.41, 5.74) is 5.12. The van der Waals surface area contributed by atoms with Gasteiger partial charge in [-0.3, -0.25) is 15.0 Å². The molecule has 1 saturated carbocycles. The standard InChI is InChI=1S/C46H53N9O6/c47-27-32-7-19-40(48-29-32)50-33-9-11-35(12-10-33)54(46(61)49-28-31-4-2-1-3-5-31)36-15-13-34(14-16-36)52-22-24-53(25-23-52)42(57)21-8-30-6-17-37-38(26-30)45(60)55(44(37)59)39-18-20-41(56)51-43(39)58/h1-8,13-17,19,21,26,29,33,35,39,41,43-45,51,56,58-60H,9-12,18,20,22-25,28H2,(H,48,50)(H,49,61)/b21-8+/t33?,35?,39-,41-,43-,44-,45-/m1/s1. The molecule has 1 aromatic heterocycles. The molecule has 3 fully saturated rings. The number of urea groups is 1. The number of carbonyl (C=O) groups excluding carboxylic acids is 2. The summed E-state index contributed by atoms with van der Waals surface area (Å²) in [6, 6.07) is 28.4. The Hall–Kier alpha value is -5.86. The monoisotopic (exact) mass is 827 g/mol. The van der Waals surface area contributed by atoms with Crippen molar-refractivity contribution in [3.05, 3.63) is 125 Å². The van der Waals surface area contributed by atoms with Gasteiger partial charge in [-0.2, -0.15) is 5.26 Å². The Balaban J connectivity index is 0.869. The van der Waals surface area contributed by atoms with Gasteiger partial charge in [0, 0.05) is 79.6 Å². The molecular formula is C46H53N9O6. The predicted molar refractivity (Wildman–Crippen MR) is 230 cm³/mol. The van der Waals surface area contributed by atoms with E-state index in [0.717, 1.165) is 48.4 Å². The van der Waals surface area contributed by atoms with E-state index in [0.29, 0.717) is 67.8 Å².